The second kappa shape index (κ2) is 10.6. The summed E-state index contributed by atoms with van der Waals surface area (Å²) in [6.45, 7) is 0.489. The van der Waals surface area contributed by atoms with Gasteiger partial charge in [0.05, 0.1) is 12.0 Å². The first kappa shape index (κ1) is 28.0. The Morgan fingerprint density at radius 2 is 1.82 bits per heavy atom. The minimum atomic E-state index is -5.25. The summed E-state index contributed by atoms with van der Waals surface area (Å²) in [4.78, 5) is 51.6. The second-order valence-electron chi connectivity index (χ2n) is 10.8. The van der Waals surface area contributed by atoms with Crippen LogP contribution in [0.5, 0.6) is 0 Å². The quantitative estimate of drug-likeness (QED) is 0.399. The molecule has 2 aliphatic carbocycles. The Bertz CT molecular complexity index is 1010. The zero-order chi connectivity index (χ0) is 27.8. The molecule has 0 spiro atoms. The van der Waals surface area contributed by atoms with E-state index < -0.39 is 72.2 Å². The van der Waals surface area contributed by atoms with Gasteiger partial charge in [-0.2, -0.15) is 18.4 Å². The average Bonchev–Trinajstić information content (AvgIpc) is 3.66. The van der Waals surface area contributed by atoms with Gasteiger partial charge in [-0.15, -0.1) is 0 Å². The first-order valence-corrected chi connectivity index (χ1v) is 12.9. The highest BCUT2D eigenvalue weighted by atomic mass is 19.4. The molecule has 5 rings (SSSR count). The van der Waals surface area contributed by atoms with Crippen molar-refractivity contribution in [2.24, 2.45) is 17.8 Å². The summed E-state index contributed by atoms with van der Waals surface area (Å²) in [5.74, 6) is -10.2. The van der Waals surface area contributed by atoms with Crippen LogP contribution in [-0.2, 0) is 19.2 Å². The Labute approximate surface area is 215 Å². The van der Waals surface area contributed by atoms with E-state index >= 15 is 0 Å². The van der Waals surface area contributed by atoms with Gasteiger partial charge in [-0.1, -0.05) is 12.8 Å². The van der Waals surface area contributed by atoms with Crippen LogP contribution in [0.3, 0.4) is 0 Å². The highest BCUT2D eigenvalue weighted by Crippen LogP contribution is 2.49. The van der Waals surface area contributed by atoms with Crippen LogP contribution < -0.4 is 16.0 Å². The fourth-order valence-electron chi connectivity index (χ4n) is 5.90. The molecule has 5 aliphatic rings. The van der Waals surface area contributed by atoms with Gasteiger partial charge in [-0.05, 0) is 44.4 Å². The van der Waals surface area contributed by atoms with Crippen molar-refractivity contribution in [2.45, 2.75) is 94.1 Å². The van der Waals surface area contributed by atoms with E-state index in [4.69, 9.17) is 0 Å². The second-order valence-corrected chi connectivity index (χ2v) is 10.8. The lowest BCUT2D eigenvalue weighted by atomic mass is 9.71. The third kappa shape index (κ3) is 6.02. The summed E-state index contributed by atoms with van der Waals surface area (Å²) in [6, 6.07) is -3.81. The minimum absolute atomic E-state index is 0.0504. The normalized spacial score (nSPS) is 30.0. The minimum Gasteiger partial charge on any atom is -0.356 e. The number of amides is 4. The zero-order valence-corrected chi connectivity index (χ0v) is 20.5. The van der Waals surface area contributed by atoms with Gasteiger partial charge in [0.15, 0.2) is 0 Å². The molecule has 2 saturated carbocycles. The summed E-state index contributed by atoms with van der Waals surface area (Å²) in [7, 11) is 0. The first-order chi connectivity index (χ1) is 17.8. The predicted octanol–water partition coefficient (Wildman–Crippen LogP) is 1.77. The Balaban J connectivity index is 1.56. The first-order valence-electron chi connectivity index (χ1n) is 12.9. The molecule has 9 nitrogen and oxygen atoms in total. The van der Waals surface area contributed by atoms with Crippen LogP contribution >= 0.6 is 0 Å². The van der Waals surface area contributed by atoms with Gasteiger partial charge in [0.2, 0.25) is 17.7 Å². The Hall–Kier alpha value is -2.98. The molecule has 0 aromatic rings. The van der Waals surface area contributed by atoms with Crippen LogP contribution in [0, 0.1) is 29.1 Å². The summed E-state index contributed by atoms with van der Waals surface area (Å²) >= 11 is 0. The van der Waals surface area contributed by atoms with Gasteiger partial charge in [0.25, 0.3) is 5.92 Å². The maximum atomic E-state index is 14.9. The van der Waals surface area contributed by atoms with Crippen molar-refractivity contribution in [1.82, 2.24) is 20.9 Å². The topological polar surface area (TPSA) is 131 Å². The van der Waals surface area contributed by atoms with E-state index in [0.29, 0.717) is 32.2 Å². The summed E-state index contributed by atoms with van der Waals surface area (Å²) < 4.78 is 68.8. The number of halogens is 5. The van der Waals surface area contributed by atoms with Gasteiger partial charge < -0.3 is 20.9 Å². The van der Waals surface area contributed by atoms with Crippen molar-refractivity contribution < 1.29 is 41.1 Å². The van der Waals surface area contributed by atoms with Crippen LogP contribution in [-0.4, -0.2) is 71.3 Å². The average molecular weight is 548 g/mol. The van der Waals surface area contributed by atoms with Crippen molar-refractivity contribution in [3.8, 4) is 6.07 Å². The van der Waals surface area contributed by atoms with Crippen LogP contribution in [0.2, 0.25) is 0 Å². The Kier molecular flexibility index (Phi) is 7.86. The molecule has 3 heterocycles. The van der Waals surface area contributed by atoms with Gasteiger partial charge in [0.1, 0.15) is 18.1 Å². The van der Waals surface area contributed by atoms with E-state index in [0.717, 1.165) is 4.90 Å². The standard InChI is InChI=1S/C24H30F5N5O4/c25-23(26)10-15-5-6-16(23)18(20(36)32-14(11-30)9-13-2-1-7-31-19(13)35)34(15)21(37)17(8-12-3-4-12)33-22(38)24(27,28)29/h12-18H,1-10H2,(H,31,35)(H,32,36)(H,33,38)/t13-,14-,15+,16+,17+,18-/m1/s1. The highest BCUT2D eigenvalue weighted by Gasteiger charge is 2.61. The number of carbonyl (C=O) groups excluding carboxylic acids is 4. The molecule has 3 saturated heterocycles. The molecule has 0 aromatic heterocycles. The van der Waals surface area contributed by atoms with Crippen molar-refractivity contribution in [1.29, 1.82) is 5.26 Å². The molecule has 2 bridgehead atoms. The molecule has 38 heavy (non-hydrogen) atoms. The van der Waals surface area contributed by atoms with Crippen LogP contribution in [0.4, 0.5) is 22.0 Å². The molecule has 210 valence electrons. The lowest BCUT2D eigenvalue weighted by Crippen LogP contribution is -2.71. The number of hydrogen-bond donors (Lipinski definition) is 3. The van der Waals surface area contributed by atoms with E-state index in [1.165, 1.54) is 0 Å². The molecule has 0 aromatic carbocycles. The van der Waals surface area contributed by atoms with Gasteiger partial charge >= 0.3 is 12.1 Å². The van der Waals surface area contributed by atoms with Crippen LogP contribution in [0.1, 0.15) is 57.8 Å². The lowest BCUT2D eigenvalue weighted by molar-refractivity contribution is -0.196. The van der Waals surface area contributed by atoms with E-state index in [1.54, 1.807) is 5.32 Å². The molecule has 5 fully saturated rings. The number of nitrogens with one attached hydrogen (secondary N) is 3. The van der Waals surface area contributed by atoms with Gasteiger partial charge in [0, 0.05) is 24.9 Å². The van der Waals surface area contributed by atoms with E-state index in [1.807, 2.05) is 6.07 Å². The number of nitriles is 1. The smallest absolute Gasteiger partial charge is 0.356 e. The van der Waals surface area contributed by atoms with Crippen molar-refractivity contribution in [3.05, 3.63) is 0 Å². The third-order valence-electron chi connectivity index (χ3n) is 7.98. The number of piperidine rings is 3. The number of fused-ring (bicyclic) bond motifs is 3. The van der Waals surface area contributed by atoms with E-state index in [-0.39, 0.29) is 37.5 Å². The molecule has 3 N–H and O–H groups in total. The van der Waals surface area contributed by atoms with Crippen LogP contribution in [0.25, 0.3) is 0 Å². The molecule has 0 unspecified atom stereocenters. The van der Waals surface area contributed by atoms with Crippen LogP contribution in [0.15, 0.2) is 0 Å². The number of hydrogen-bond acceptors (Lipinski definition) is 5. The molecule has 0 radical (unpaired) electrons. The lowest BCUT2D eigenvalue weighted by Gasteiger charge is -2.54. The number of carbonyl (C=O) groups is 4. The summed E-state index contributed by atoms with van der Waals surface area (Å²) in [5, 5.41) is 16.4. The van der Waals surface area contributed by atoms with E-state index in [9.17, 15) is 46.4 Å². The van der Waals surface area contributed by atoms with Crippen molar-refractivity contribution in [2.75, 3.05) is 6.54 Å². The van der Waals surface area contributed by atoms with Gasteiger partial charge in [-0.25, -0.2) is 8.78 Å². The number of alkyl halides is 5. The molecule has 3 aliphatic heterocycles. The number of nitrogens with zero attached hydrogens (tertiary/aromatic N) is 2. The van der Waals surface area contributed by atoms with Crippen molar-refractivity contribution >= 4 is 23.6 Å². The number of rotatable bonds is 8. The van der Waals surface area contributed by atoms with E-state index in [2.05, 4.69) is 10.6 Å². The fourth-order valence-corrected chi connectivity index (χ4v) is 5.90. The van der Waals surface area contributed by atoms with Gasteiger partial charge in [-0.3, -0.25) is 19.2 Å². The highest BCUT2D eigenvalue weighted by molar-refractivity contribution is 5.94. The Morgan fingerprint density at radius 1 is 1.11 bits per heavy atom. The molecular weight excluding hydrogens is 517 g/mol. The SMILES string of the molecule is N#C[C@@H](C[C@H]1CCCNC1=O)NC(=O)[C@H]1[C@@H]2CC[C@@H](CC2(F)F)N1C(=O)[C@H](CC1CC1)NC(=O)C(F)(F)F. The maximum Gasteiger partial charge on any atom is 0.471 e. The molecule has 6 atom stereocenters. The monoisotopic (exact) mass is 547 g/mol. The van der Waals surface area contributed by atoms with Crippen molar-refractivity contribution in [3.63, 3.8) is 0 Å². The summed E-state index contributed by atoms with van der Waals surface area (Å²) in [5.41, 5.74) is 0. The maximum absolute atomic E-state index is 14.9. The zero-order valence-electron chi connectivity index (χ0n) is 20.5. The Morgan fingerprint density at radius 3 is 2.39 bits per heavy atom. The molecule has 4 amide bonds. The molecular formula is C24H30F5N5O4. The fraction of sp³-hybridized carbons (Fsp3) is 0.792. The molecule has 14 heteroatoms. The third-order valence-corrected chi connectivity index (χ3v) is 7.98. The predicted molar refractivity (Wildman–Crippen MR) is 120 cm³/mol. The largest absolute Gasteiger partial charge is 0.471 e. The summed E-state index contributed by atoms with van der Waals surface area (Å²) in [6.07, 6.45) is -3.65.